The lowest BCUT2D eigenvalue weighted by Gasteiger charge is -2.19. The van der Waals surface area contributed by atoms with Crippen LogP contribution in [0.15, 0.2) is 48.5 Å². The second-order valence-corrected chi connectivity index (χ2v) is 7.18. The van der Waals surface area contributed by atoms with Gasteiger partial charge in [-0.25, -0.2) is 0 Å². The first-order valence-corrected chi connectivity index (χ1v) is 9.46. The number of amides is 1. The summed E-state index contributed by atoms with van der Waals surface area (Å²) in [5.74, 6) is -0.181. The second kappa shape index (κ2) is 8.68. The Morgan fingerprint density at radius 3 is 2.42 bits per heavy atom. The van der Waals surface area contributed by atoms with Crippen molar-refractivity contribution in [3.8, 4) is 11.5 Å². The maximum absolute atomic E-state index is 11.4. The van der Waals surface area contributed by atoms with Crippen LogP contribution in [0.2, 0.25) is 0 Å². The number of carbonyl (C=O) groups is 1. The number of benzene rings is 2. The van der Waals surface area contributed by atoms with Gasteiger partial charge in [0, 0.05) is 6.92 Å². The predicted octanol–water partition coefficient (Wildman–Crippen LogP) is 2.34. The summed E-state index contributed by atoms with van der Waals surface area (Å²) in [4.78, 5) is 11.4. The van der Waals surface area contributed by atoms with Crippen molar-refractivity contribution in [2.45, 2.75) is 19.6 Å². The summed E-state index contributed by atoms with van der Waals surface area (Å²) in [5.41, 5.74) is 1.46. The van der Waals surface area contributed by atoms with Crippen LogP contribution in [0, 0.1) is 0 Å². The molecule has 0 aromatic heterocycles. The zero-order valence-corrected chi connectivity index (χ0v) is 15.3. The molecule has 0 spiro atoms. The van der Waals surface area contributed by atoms with Crippen molar-refractivity contribution in [1.29, 1.82) is 0 Å². The van der Waals surface area contributed by atoms with E-state index < -0.39 is 27.8 Å². The van der Waals surface area contributed by atoms with E-state index >= 15 is 0 Å². The zero-order chi connectivity index (χ0) is 19.2. The summed E-state index contributed by atoms with van der Waals surface area (Å²) < 4.78 is 42.6. The van der Waals surface area contributed by atoms with Gasteiger partial charge in [0.05, 0.1) is 18.9 Å². The van der Waals surface area contributed by atoms with Crippen molar-refractivity contribution >= 4 is 16.0 Å². The van der Waals surface area contributed by atoms with Gasteiger partial charge < -0.3 is 14.8 Å². The van der Waals surface area contributed by atoms with Gasteiger partial charge in [-0.15, -0.1) is 0 Å². The number of ether oxygens (including phenoxy) is 2. The lowest BCUT2D eigenvalue weighted by Crippen LogP contribution is -2.31. The minimum Gasteiger partial charge on any atom is -0.493 e. The molecular weight excluding hydrogens is 358 g/mol. The lowest BCUT2D eigenvalue weighted by atomic mass is 10.1. The first-order chi connectivity index (χ1) is 12.3. The largest absolute Gasteiger partial charge is 0.493 e. The van der Waals surface area contributed by atoms with Crippen LogP contribution in [0.5, 0.6) is 11.5 Å². The Morgan fingerprint density at radius 2 is 1.85 bits per heavy atom. The molecule has 2 aromatic carbocycles. The van der Waals surface area contributed by atoms with Gasteiger partial charge in [-0.1, -0.05) is 36.4 Å². The summed E-state index contributed by atoms with van der Waals surface area (Å²) >= 11 is 0. The van der Waals surface area contributed by atoms with Gasteiger partial charge in [-0.3, -0.25) is 9.35 Å². The highest BCUT2D eigenvalue weighted by atomic mass is 32.2. The molecule has 2 aromatic rings. The molecule has 26 heavy (non-hydrogen) atoms. The minimum absolute atomic E-state index is 0.344. The van der Waals surface area contributed by atoms with Gasteiger partial charge in [-0.05, 0) is 23.3 Å². The summed E-state index contributed by atoms with van der Waals surface area (Å²) in [6.07, 6.45) is 0. The molecule has 0 aliphatic carbocycles. The molecular formula is C18H21NO6S. The molecule has 2 N–H and O–H groups in total. The number of carbonyl (C=O) groups excluding carboxylic acids is 1. The van der Waals surface area contributed by atoms with Crippen LogP contribution in [0.1, 0.15) is 24.1 Å². The first kappa shape index (κ1) is 19.7. The van der Waals surface area contributed by atoms with Gasteiger partial charge in [0.1, 0.15) is 6.61 Å². The SMILES string of the molecule is COc1cc(C(CS(=O)(=O)O)NC(C)=O)ccc1OCc1ccccc1. The third-order valence-corrected chi connectivity index (χ3v) is 4.34. The van der Waals surface area contributed by atoms with Gasteiger partial charge in [0.15, 0.2) is 11.5 Å². The van der Waals surface area contributed by atoms with Crippen molar-refractivity contribution in [2.75, 3.05) is 12.9 Å². The predicted molar refractivity (Wildman–Crippen MR) is 96.7 cm³/mol. The molecule has 0 saturated carbocycles. The van der Waals surface area contributed by atoms with Crippen molar-refractivity contribution in [2.24, 2.45) is 0 Å². The average molecular weight is 379 g/mol. The highest BCUT2D eigenvalue weighted by molar-refractivity contribution is 7.85. The van der Waals surface area contributed by atoms with Crippen molar-refractivity contribution in [3.63, 3.8) is 0 Å². The van der Waals surface area contributed by atoms with Crippen LogP contribution in [0.25, 0.3) is 0 Å². The summed E-state index contributed by atoms with van der Waals surface area (Å²) in [5, 5.41) is 2.51. The third kappa shape index (κ3) is 6.05. The Balaban J connectivity index is 2.23. The normalized spacial score (nSPS) is 12.3. The quantitative estimate of drug-likeness (QED) is 0.683. The number of methoxy groups -OCH3 is 1. The van der Waals surface area contributed by atoms with E-state index in [-0.39, 0.29) is 0 Å². The smallest absolute Gasteiger partial charge is 0.267 e. The maximum Gasteiger partial charge on any atom is 0.267 e. The highest BCUT2D eigenvalue weighted by Crippen LogP contribution is 2.31. The molecule has 0 saturated heterocycles. The van der Waals surface area contributed by atoms with E-state index in [2.05, 4.69) is 5.32 Å². The minimum atomic E-state index is -4.28. The topological polar surface area (TPSA) is 102 Å². The first-order valence-electron chi connectivity index (χ1n) is 7.85. The Morgan fingerprint density at radius 1 is 1.15 bits per heavy atom. The molecule has 0 heterocycles. The maximum atomic E-state index is 11.4. The molecule has 2 rings (SSSR count). The van der Waals surface area contributed by atoms with E-state index in [9.17, 15) is 13.2 Å². The van der Waals surface area contributed by atoms with Crippen LogP contribution in [-0.4, -0.2) is 31.7 Å². The molecule has 1 atom stereocenters. The van der Waals surface area contributed by atoms with Crippen LogP contribution >= 0.6 is 0 Å². The van der Waals surface area contributed by atoms with Crippen LogP contribution < -0.4 is 14.8 Å². The van der Waals surface area contributed by atoms with E-state index in [4.69, 9.17) is 14.0 Å². The Kier molecular flexibility index (Phi) is 6.59. The number of nitrogens with one attached hydrogen (secondary N) is 1. The lowest BCUT2D eigenvalue weighted by molar-refractivity contribution is -0.119. The fourth-order valence-electron chi connectivity index (χ4n) is 2.43. The van der Waals surface area contributed by atoms with E-state index in [0.29, 0.717) is 23.7 Å². The molecule has 0 aliphatic heterocycles. The van der Waals surface area contributed by atoms with Gasteiger partial charge in [0.2, 0.25) is 5.91 Å². The van der Waals surface area contributed by atoms with E-state index in [1.165, 1.54) is 14.0 Å². The monoisotopic (exact) mass is 379 g/mol. The van der Waals surface area contributed by atoms with Gasteiger partial charge in [-0.2, -0.15) is 8.42 Å². The molecule has 8 heteroatoms. The highest BCUT2D eigenvalue weighted by Gasteiger charge is 2.21. The van der Waals surface area contributed by atoms with E-state index in [1.54, 1.807) is 18.2 Å². The number of hydrogen-bond donors (Lipinski definition) is 2. The van der Waals surface area contributed by atoms with Crippen molar-refractivity contribution < 1.29 is 27.2 Å². The molecule has 1 amide bonds. The van der Waals surface area contributed by atoms with Crippen LogP contribution in [0.4, 0.5) is 0 Å². The van der Waals surface area contributed by atoms with Gasteiger partial charge in [0.25, 0.3) is 10.1 Å². The molecule has 0 aliphatic rings. The standard InChI is InChI=1S/C18H21NO6S/c1-13(20)19-16(12-26(21,22)23)15-8-9-17(18(10-15)24-2)25-11-14-6-4-3-5-7-14/h3-10,16H,11-12H2,1-2H3,(H,19,20)(H,21,22,23). The summed E-state index contributed by atoms with van der Waals surface area (Å²) in [7, 11) is -2.82. The Labute approximate surface area is 152 Å². The van der Waals surface area contributed by atoms with Crippen molar-refractivity contribution in [1.82, 2.24) is 5.32 Å². The Hall–Kier alpha value is -2.58. The fourth-order valence-corrected chi connectivity index (χ4v) is 3.13. The molecule has 0 radical (unpaired) electrons. The van der Waals surface area contributed by atoms with Crippen LogP contribution in [0.3, 0.4) is 0 Å². The molecule has 0 bridgehead atoms. The Bertz CT molecular complexity index is 851. The van der Waals surface area contributed by atoms with Crippen LogP contribution in [-0.2, 0) is 21.5 Å². The number of hydrogen-bond acceptors (Lipinski definition) is 5. The average Bonchev–Trinajstić information content (AvgIpc) is 2.58. The zero-order valence-electron chi connectivity index (χ0n) is 14.5. The summed E-state index contributed by atoms with van der Waals surface area (Å²) in [6, 6.07) is 13.5. The molecule has 140 valence electrons. The molecule has 1 unspecified atom stereocenters. The van der Waals surface area contributed by atoms with Gasteiger partial charge >= 0.3 is 0 Å². The molecule has 7 nitrogen and oxygen atoms in total. The second-order valence-electron chi connectivity index (χ2n) is 5.69. The van der Waals surface area contributed by atoms with E-state index in [1.807, 2.05) is 30.3 Å². The van der Waals surface area contributed by atoms with Crippen molar-refractivity contribution in [3.05, 3.63) is 59.7 Å². The molecule has 0 fully saturated rings. The fraction of sp³-hybridized carbons (Fsp3) is 0.278. The summed E-state index contributed by atoms with van der Waals surface area (Å²) in [6.45, 7) is 1.61. The third-order valence-electron chi connectivity index (χ3n) is 3.58. The number of rotatable bonds is 8. The van der Waals surface area contributed by atoms with E-state index in [0.717, 1.165) is 5.56 Å².